The largest absolute Gasteiger partial charge is 0.370 e. The van der Waals surface area contributed by atoms with Crippen molar-refractivity contribution in [1.82, 2.24) is 9.88 Å². The predicted octanol–water partition coefficient (Wildman–Crippen LogP) is 2.33. The third-order valence-corrected chi connectivity index (χ3v) is 4.46. The maximum Gasteiger partial charge on any atom is 0.192 e. The molecular formula is C14H15FN4S. The van der Waals surface area contributed by atoms with Crippen LogP contribution >= 0.6 is 11.3 Å². The zero-order valence-corrected chi connectivity index (χ0v) is 11.9. The van der Waals surface area contributed by atoms with E-state index in [1.54, 1.807) is 17.4 Å². The fraction of sp³-hybridized carbons (Fsp3) is 0.286. The molecule has 0 saturated heterocycles. The molecule has 0 radical (unpaired) electrons. The zero-order chi connectivity index (χ0) is 14.2. The molecule has 104 valence electrons. The van der Waals surface area contributed by atoms with Gasteiger partial charge in [0.15, 0.2) is 5.96 Å². The molecule has 1 atom stereocenters. The highest BCUT2D eigenvalue weighted by Crippen LogP contribution is 2.33. The van der Waals surface area contributed by atoms with Gasteiger partial charge < -0.3 is 10.6 Å². The Labute approximate surface area is 120 Å². The lowest BCUT2D eigenvalue weighted by Gasteiger charge is -2.35. The SMILES string of the molecule is CC1(c2ccc(F)cn2)CN=C(N)N1Cc1cccs1. The number of rotatable bonds is 3. The van der Waals surface area contributed by atoms with Gasteiger partial charge in [-0.3, -0.25) is 9.98 Å². The molecule has 2 aromatic rings. The van der Waals surface area contributed by atoms with Crippen LogP contribution in [-0.4, -0.2) is 22.4 Å². The van der Waals surface area contributed by atoms with E-state index in [9.17, 15) is 4.39 Å². The molecule has 0 aromatic carbocycles. The van der Waals surface area contributed by atoms with Gasteiger partial charge in [-0.25, -0.2) is 4.39 Å². The standard InChI is InChI=1S/C14H15FN4S/c1-14(12-5-4-10(15)7-17-12)9-18-13(16)19(14)8-11-3-2-6-20-11/h2-7H,8-9H2,1H3,(H2,16,18). The minimum absolute atomic E-state index is 0.339. The molecule has 1 aliphatic heterocycles. The molecular weight excluding hydrogens is 275 g/mol. The highest BCUT2D eigenvalue weighted by atomic mass is 32.1. The maximum atomic E-state index is 13.0. The van der Waals surface area contributed by atoms with Gasteiger partial charge >= 0.3 is 0 Å². The lowest BCUT2D eigenvalue weighted by molar-refractivity contribution is 0.212. The van der Waals surface area contributed by atoms with Crippen molar-refractivity contribution >= 4 is 17.3 Å². The van der Waals surface area contributed by atoms with E-state index in [1.165, 1.54) is 17.1 Å². The molecule has 1 aliphatic rings. The summed E-state index contributed by atoms with van der Waals surface area (Å²) in [6, 6.07) is 7.20. The van der Waals surface area contributed by atoms with E-state index in [2.05, 4.69) is 16.0 Å². The molecule has 2 aromatic heterocycles. The Hall–Kier alpha value is -1.95. The number of nitrogens with two attached hydrogens (primary N) is 1. The summed E-state index contributed by atoms with van der Waals surface area (Å²) in [6.45, 7) is 3.25. The normalized spacial score (nSPS) is 22.1. The molecule has 20 heavy (non-hydrogen) atoms. The van der Waals surface area contributed by atoms with Crippen molar-refractivity contribution in [2.24, 2.45) is 10.7 Å². The van der Waals surface area contributed by atoms with Gasteiger partial charge in [0.25, 0.3) is 0 Å². The van der Waals surface area contributed by atoms with E-state index in [-0.39, 0.29) is 5.82 Å². The fourth-order valence-corrected chi connectivity index (χ4v) is 3.08. The molecule has 0 saturated carbocycles. The molecule has 0 spiro atoms. The van der Waals surface area contributed by atoms with Gasteiger partial charge in [0.2, 0.25) is 0 Å². The second-order valence-corrected chi connectivity index (χ2v) is 6.01. The van der Waals surface area contributed by atoms with Crippen LogP contribution in [0.15, 0.2) is 40.8 Å². The molecule has 6 heteroatoms. The van der Waals surface area contributed by atoms with Crippen LogP contribution in [0.1, 0.15) is 17.5 Å². The number of guanidine groups is 1. The van der Waals surface area contributed by atoms with Crippen LogP contribution in [-0.2, 0) is 12.1 Å². The lowest BCUT2D eigenvalue weighted by atomic mass is 9.96. The quantitative estimate of drug-likeness (QED) is 0.944. The molecule has 0 aliphatic carbocycles. The number of nitrogens with zero attached hydrogens (tertiary/aromatic N) is 3. The van der Waals surface area contributed by atoms with Crippen molar-refractivity contribution in [2.75, 3.05) is 6.54 Å². The van der Waals surface area contributed by atoms with Crippen LogP contribution < -0.4 is 5.73 Å². The molecule has 3 rings (SSSR count). The van der Waals surface area contributed by atoms with Gasteiger partial charge in [-0.2, -0.15) is 0 Å². The van der Waals surface area contributed by atoms with Crippen LogP contribution in [0.4, 0.5) is 4.39 Å². The maximum absolute atomic E-state index is 13.0. The lowest BCUT2D eigenvalue weighted by Crippen LogP contribution is -2.47. The van der Waals surface area contributed by atoms with E-state index in [0.29, 0.717) is 19.0 Å². The summed E-state index contributed by atoms with van der Waals surface area (Å²) in [5, 5.41) is 2.03. The van der Waals surface area contributed by atoms with Crippen molar-refractivity contribution in [1.29, 1.82) is 0 Å². The Balaban J connectivity index is 1.93. The van der Waals surface area contributed by atoms with E-state index >= 15 is 0 Å². The van der Waals surface area contributed by atoms with Gasteiger partial charge in [-0.15, -0.1) is 11.3 Å². The Morgan fingerprint density at radius 1 is 1.45 bits per heavy atom. The summed E-state index contributed by atoms with van der Waals surface area (Å²) in [4.78, 5) is 11.8. The van der Waals surface area contributed by atoms with E-state index < -0.39 is 5.54 Å². The van der Waals surface area contributed by atoms with Crippen LogP contribution in [0, 0.1) is 5.82 Å². The Kier molecular flexibility index (Phi) is 3.17. The molecule has 3 heterocycles. The van der Waals surface area contributed by atoms with Crippen molar-refractivity contribution < 1.29 is 4.39 Å². The van der Waals surface area contributed by atoms with Crippen LogP contribution in [0.5, 0.6) is 0 Å². The smallest absolute Gasteiger partial charge is 0.192 e. The number of hydrogen-bond acceptors (Lipinski definition) is 5. The first-order valence-electron chi connectivity index (χ1n) is 6.31. The number of thiophene rings is 1. The number of aromatic nitrogens is 1. The third kappa shape index (κ3) is 2.16. The summed E-state index contributed by atoms with van der Waals surface area (Å²) in [6.07, 6.45) is 1.23. The van der Waals surface area contributed by atoms with Gasteiger partial charge in [-0.05, 0) is 30.5 Å². The minimum Gasteiger partial charge on any atom is -0.370 e. The van der Waals surface area contributed by atoms with Crippen molar-refractivity contribution in [3.63, 3.8) is 0 Å². The first kappa shape index (κ1) is 13.1. The number of halogens is 1. The van der Waals surface area contributed by atoms with E-state index in [4.69, 9.17) is 5.73 Å². The van der Waals surface area contributed by atoms with E-state index in [1.807, 2.05) is 23.3 Å². The summed E-state index contributed by atoms with van der Waals surface area (Å²) >= 11 is 1.68. The highest BCUT2D eigenvalue weighted by Gasteiger charge is 2.40. The summed E-state index contributed by atoms with van der Waals surface area (Å²) in [7, 11) is 0. The molecule has 0 bridgehead atoms. The fourth-order valence-electron chi connectivity index (χ4n) is 2.39. The monoisotopic (exact) mass is 290 g/mol. The predicted molar refractivity (Wildman–Crippen MR) is 77.9 cm³/mol. The van der Waals surface area contributed by atoms with Crippen LogP contribution in [0.25, 0.3) is 0 Å². The Bertz CT molecular complexity index is 623. The van der Waals surface area contributed by atoms with Gasteiger partial charge in [0.05, 0.1) is 25.0 Å². The number of aliphatic imine (C=N–C) groups is 1. The first-order chi connectivity index (χ1) is 9.59. The number of hydrogen-bond donors (Lipinski definition) is 1. The molecule has 1 unspecified atom stereocenters. The van der Waals surface area contributed by atoms with Gasteiger partial charge in [0, 0.05) is 4.88 Å². The van der Waals surface area contributed by atoms with Crippen molar-refractivity contribution in [3.8, 4) is 0 Å². The van der Waals surface area contributed by atoms with Gasteiger partial charge in [-0.1, -0.05) is 6.07 Å². The second-order valence-electron chi connectivity index (χ2n) is 4.98. The van der Waals surface area contributed by atoms with Crippen LogP contribution in [0.2, 0.25) is 0 Å². The highest BCUT2D eigenvalue weighted by molar-refractivity contribution is 7.09. The summed E-state index contributed by atoms with van der Waals surface area (Å²) < 4.78 is 13.0. The van der Waals surface area contributed by atoms with Crippen LogP contribution in [0.3, 0.4) is 0 Å². The van der Waals surface area contributed by atoms with Crippen molar-refractivity contribution in [3.05, 3.63) is 52.2 Å². The molecule has 0 amide bonds. The Morgan fingerprint density at radius 3 is 2.95 bits per heavy atom. The first-order valence-corrected chi connectivity index (χ1v) is 7.19. The second kappa shape index (κ2) is 4.86. The summed E-state index contributed by atoms with van der Waals surface area (Å²) in [5.41, 5.74) is 6.37. The third-order valence-electron chi connectivity index (χ3n) is 3.59. The van der Waals surface area contributed by atoms with E-state index in [0.717, 1.165) is 5.69 Å². The minimum atomic E-state index is -0.429. The van der Waals surface area contributed by atoms with Gasteiger partial charge in [0.1, 0.15) is 11.4 Å². The average molecular weight is 290 g/mol. The summed E-state index contributed by atoms with van der Waals surface area (Å²) in [5.74, 6) is 0.168. The average Bonchev–Trinajstić information content (AvgIpc) is 3.04. The number of pyridine rings is 1. The zero-order valence-electron chi connectivity index (χ0n) is 11.1. The molecule has 4 nitrogen and oxygen atoms in total. The van der Waals surface area contributed by atoms with Crippen molar-refractivity contribution in [2.45, 2.75) is 19.0 Å². The molecule has 0 fully saturated rings. The Morgan fingerprint density at radius 2 is 2.30 bits per heavy atom. The molecule has 2 N–H and O–H groups in total. The topological polar surface area (TPSA) is 54.5 Å².